The molecule has 4 nitrogen and oxygen atoms in total. The summed E-state index contributed by atoms with van der Waals surface area (Å²) >= 11 is 0. The zero-order chi connectivity index (χ0) is 14.9. The Balaban J connectivity index is 2.09. The third-order valence-electron chi connectivity index (χ3n) is 4.72. The lowest BCUT2D eigenvalue weighted by Crippen LogP contribution is -2.69. The van der Waals surface area contributed by atoms with Crippen LogP contribution in [0.3, 0.4) is 0 Å². The number of nitrogens with one attached hydrogen (secondary N) is 1. The second-order valence-corrected chi connectivity index (χ2v) is 7.24. The van der Waals surface area contributed by atoms with Gasteiger partial charge in [-0.1, -0.05) is 39.5 Å². The fourth-order valence-corrected chi connectivity index (χ4v) is 3.59. The number of amides is 2. The van der Waals surface area contributed by atoms with Gasteiger partial charge in [0, 0.05) is 6.54 Å². The van der Waals surface area contributed by atoms with Gasteiger partial charge in [-0.3, -0.25) is 9.59 Å². The first-order valence-electron chi connectivity index (χ1n) is 7.96. The van der Waals surface area contributed by atoms with Gasteiger partial charge in [-0.05, 0) is 32.1 Å². The summed E-state index contributed by atoms with van der Waals surface area (Å²) in [5.41, 5.74) is -0.766. The predicted molar refractivity (Wildman–Crippen MR) is 79.1 cm³/mol. The number of hydrogen-bond acceptors (Lipinski definition) is 2. The molecule has 0 aromatic carbocycles. The number of rotatable bonds is 4. The molecule has 2 amide bonds. The number of piperazine rings is 1. The Labute approximate surface area is 122 Å². The molecular formula is C16H28N2O2. The van der Waals surface area contributed by atoms with Crippen molar-refractivity contribution in [1.82, 2.24) is 10.2 Å². The smallest absolute Gasteiger partial charge is 0.248 e. The Morgan fingerprint density at radius 3 is 2.40 bits per heavy atom. The van der Waals surface area contributed by atoms with Crippen molar-refractivity contribution in [2.24, 2.45) is 11.8 Å². The van der Waals surface area contributed by atoms with Gasteiger partial charge in [0.15, 0.2) is 0 Å². The molecule has 20 heavy (non-hydrogen) atoms. The van der Waals surface area contributed by atoms with Crippen LogP contribution in [0.25, 0.3) is 0 Å². The van der Waals surface area contributed by atoms with E-state index in [1.54, 1.807) is 13.8 Å². The molecule has 1 unspecified atom stereocenters. The van der Waals surface area contributed by atoms with Crippen LogP contribution in [0.4, 0.5) is 0 Å². The normalized spacial score (nSPS) is 27.2. The molecule has 1 heterocycles. The maximum absolute atomic E-state index is 12.6. The second-order valence-electron chi connectivity index (χ2n) is 7.24. The van der Waals surface area contributed by atoms with Gasteiger partial charge in [0.1, 0.15) is 11.6 Å². The van der Waals surface area contributed by atoms with Gasteiger partial charge in [0.2, 0.25) is 11.8 Å². The van der Waals surface area contributed by atoms with E-state index >= 15 is 0 Å². The average molecular weight is 280 g/mol. The standard InChI is InChI=1S/C16H28N2O2/c1-11(2)13-14(19)17-16(3,4)15(20)18(13)10-9-12-7-5-6-8-12/h11-13H,5-10H2,1-4H3,(H,17,19). The molecule has 1 aliphatic heterocycles. The van der Waals surface area contributed by atoms with Crippen molar-refractivity contribution in [2.45, 2.75) is 71.4 Å². The van der Waals surface area contributed by atoms with Crippen LogP contribution in [0.2, 0.25) is 0 Å². The van der Waals surface area contributed by atoms with Crippen LogP contribution in [-0.2, 0) is 9.59 Å². The summed E-state index contributed by atoms with van der Waals surface area (Å²) in [6, 6.07) is -0.308. The molecule has 0 aromatic rings. The summed E-state index contributed by atoms with van der Waals surface area (Å²) in [7, 11) is 0. The Morgan fingerprint density at radius 1 is 1.25 bits per heavy atom. The van der Waals surface area contributed by atoms with Crippen LogP contribution < -0.4 is 5.32 Å². The van der Waals surface area contributed by atoms with Gasteiger partial charge in [-0.15, -0.1) is 0 Å². The van der Waals surface area contributed by atoms with Gasteiger partial charge in [0.25, 0.3) is 0 Å². The van der Waals surface area contributed by atoms with Gasteiger partial charge >= 0.3 is 0 Å². The van der Waals surface area contributed by atoms with Crippen molar-refractivity contribution in [3.8, 4) is 0 Å². The predicted octanol–water partition coefficient (Wildman–Crippen LogP) is 2.33. The molecule has 0 aromatic heterocycles. The SMILES string of the molecule is CC(C)C1C(=O)NC(C)(C)C(=O)N1CCC1CCCC1. The largest absolute Gasteiger partial charge is 0.340 e. The molecule has 4 heteroatoms. The molecule has 0 radical (unpaired) electrons. The van der Waals surface area contributed by atoms with Crippen molar-refractivity contribution >= 4 is 11.8 Å². The fourth-order valence-electron chi connectivity index (χ4n) is 3.59. The Bertz CT molecular complexity index is 384. The highest BCUT2D eigenvalue weighted by Gasteiger charge is 2.46. The molecule has 0 bridgehead atoms. The van der Waals surface area contributed by atoms with Crippen LogP contribution in [-0.4, -0.2) is 34.8 Å². The van der Waals surface area contributed by atoms with Crippen LogP contribution in [0, 0.1) is 11.8 Å². The van der Waals surface area contributed by atoms with Crippen LogP contribution >= 0.6 is 0 Å². The highest BCUT2D eigenvalue weighted by atomic mass is 16.2. The van der Waals surface area contributed by atoms with Gasteiger partial charge in [-0.25, -0.2) is 0 Å². The van der Waals surface area contributed by atoms with Gasteiger partial charge < -0.3 is 10.2 Å². The van der Waals surface area contributed by atoms with E-state index in [1.807, 2.05) is 18.7 Å². The van der Waals surface area contributed by atoms with Gasteiger partial charge in [-0.2, -0.15) is 0 Å². The monoisotopic (exact) mass is 280 g/mol. The summed E-state index contributed by atoms with van der Waals surface area (Å²) in [5.74, 6) is 0.951. The van der Waals surface area contributed by atoms with Crippen molar-refractivity contribution in [3.63, 3.8) is 0 Å². The minimum absolute atomic E-state index is 0.00368. The second kappa shape index (κ2) is 5.74. The third kappa shape index (κ3) is 2.99. The molecule has 1 saturated carbocycles. The molecular weight excluding hydrogens is 252 g/mol. The average Bonchev–Trinajstić information content (AvgIpc) is 2.83. The minimum atomic E-state index is -0.766. The summed E-state index contributed by atoms with van der Waals surface area (Å²) < 4.78 is 0. The van der Waals surface area contributed by atoms with Crippen LogP contribution in [0.5, 0.6) is 0 Å². The molecule has 2 aliphatic rings. The van der Waals surface area contributed by atoms with Crippen molar-refractivity contribution in [2.75, 3.05) is 6.54 Å². The van der Waals surface area contributed by atoms with Crippen molar-refractivity contribution < 1.29 is 9.59 Å². The van der Waals surface area contributed by atoms with E-state index < -0.39 is 5.54 Å². The van der Waals surface area contributed by atoms with Gasteiger partial charge in [0.05, 0.1) is 0 Å². The first-order chi connectivity index (χ1) is 9.33. The molecule has 114 valence electrons. The number of hydrogen-bond donors (Lipinski definition) is 1. The summed E-state index contributed by atoms with van der Waals surface area (Å²) in [5, 5.41) is 2.86. The molecule has 1 aliphatic carbocycles. The highest BCUT2D eigenvalue weighted by molar-refractivity contribution is 5.99. The zero-order valence-corrected chi connectivity index (χ0v) is 13.2. The number of carbonyl (C=O) groups is 2. The number of nitrogens with zero attached hydrogens (tertiary/aromatic N) is 1. The van der Waals surface area contributed by atoms with E-state index in [4.69, 9.17) is 0 Å². The Morgan fingerprint density at radius 2 is 1.85 bits per heavy atom. The van der Waals surface area contributed by atoms with Crippen LogP contribution in [0.15, 0.2) is 0 Å². The lowest BCUT2D eigenvalue weighted by Gasteiger charge is -2.44. The lowest BCUT2D eigenvalue weighted by atomic mass is 9.90. The summed E-state index contributed by atoms with van der Waals surface area (Å²) in [4.78, 5) is 26.8. The number of carbonyl (C=O) groups excluding carboxylic acids is 2. The Kier molecular flexibility index (Phi) is 4.40. The van der Waals surface area contributed by atoms with E-state index in [0.29, 0.717) is 0 Å². The molecule has 1 saturated heterocycles. The van der Waals surface area contributed by atoms with E-state index in [-0.39, 0.29) is 23.8 Å². The first kappa shape index (κ1) is 15.3. The Hall–Kier alpha value is -1.06. The molecule has 1 atom stereocenters. The first-order valence-corrected chi connectivity index (χ1v) is 7.96. The summed E-state index contributed by atoms with van der Waals surface area (Å²) in [6.45, 7) is 8.35. The maximum atomic E-state index is 12.6. The molecule has 0 spiro atoms. The molecule has 2 fully saturated rings. The highest BCUT2D eigenvalue weighted by Crippen LogP contribution is 2.29. The molecule has 1 N–H and O–H groups in total. The van der Waals surface area contributed by atoms with Crippen LogP contribution in [0.1, 0.15) is 59.8 Å². The van der Waals surface area contributed by atoms with Crippen molar-refractivity contribution in [1.29, 1.82) is 0 Å². The molecule has 2 rings (SSSR count). The maximum Gasteiger partial charge on any atom is 0.248 e. The zero-order valence-electron chi connectivity index (χ0n) is 13.2. The van der Waals surface area contributed by atoms with E-state index in [0.717, 1.165) is 18.9 Å². The van der Waals surface area contributed by atoms with Crippen molar-refractivity contribution in [3.05, 3.63) is 0 Å². The topological polar surface area (TPSA) is 49.4 Å². The quantitative estimate of drug-likeness (QED) is 0.859. The van der Waals surface area contributed by atoms with E-state index in [2.05, 4.69) is 5.32 Å². The minimum Gasteiger partial charge on any atom is -0.340 e. The van der Waals surface area contributed by atoms with E-state index in [1.165, 1.54) is 25.7 Å². The summed E-state index contributed by atoms with van der Waals surface area (Å²) in [6.07, 6.45) is 6.24. The third-order valence-corrected chi connectivity index (χ3v) is 4.72. The fraction of sp³-hybridized carbons (Fsp3) is 0.875. The lowest BCUT2D eigenvalue weighted by molar-refractivity contribution is -0.155. The van der Waals surface area contributed by atoms with E-state index in [9.17, 15) is 9.59 Å².